The van der Waals surface area contributed by atoms with Gasteiger partial charge in [0, 0.05) is 38.2 Å². The van der Waals surface area contributed by atoms with E-state index in [9.17, 15) is 4.79 Å². The summed E-state index contributed by atoms with van der Waals surface area (Å²) in [6.45, 7) is 3.98. The minimum absolute atomic E-state index is 0. The first-order valence-electron chi connectivity index (χ1n) is 9.49. The van der Waals surface area contributed by atoms with Crippen molar-refractivity contribution in [2.45, 2.75) is 51.4 Å². The van der Waals surface area contributed by atoms with Gasteiger partial charge in [-0.15, -0.1) is 24.0 Å². The number of carbonyl (C=O) groups excluding carboxylic acids is 1. The monoisotopic (exact) mass is 470 g/mol. The van der Waals surface area contributed by atoms with E-state index in [1.165, 1.54) is 37.7 Å². The lowest BCUT2D eigenvalue weighted by Gasteiger charge is -2.30. The molecular weight excluding hydrogens is 439 g/mol. The number of amides is 1. The molecule has 0 bridgehead atoms. The summed E-state index contributed by atoms with van der Waals surface area (Å²) in [6.07, 6.45) is 7.03. The van der Waals surface area contributed by atoms with E-state index in [1.807, 2.05) is 25.2 Å². The van der Waals surface area contributed by atoms with Crippen molar-refractivity contribution in [1.29, 1.82) is 0 Å². The van der Waals surface area contributed by atoms with Crippen molar-refractivity contribution in [2.75, 3.05) is 25.5 Å². The molecule has 26 heavy (non-hydrogen) atoms. The van der Waals surface area contributed by atoms with E-state index in [4.69, 9.17) is 0 Å². The molecule has 1 heterocycles. The number of guanidine groups is 1. The standard InChI is InChI=1S/C20H30N4O.HI/c1-3-20(10-6-7-11-20)14-23-19(21-2)22-13-15-12-18(25)24-17-9-5-4-8-16(15)17;/h4-5,8-9,15H,3,6-7,10-14H2,1-2H3,(H,24,25)(H2,21,22,23);1H. The topological polar surface area (TPSA) is 65.5 Å². The van der Waals surface area contributed by atoms with Crippen LogP contribution in [0.4, 0.5) is 5.69 Å². The molecule has 0 radical (unpaired) electrons. The number of hydrogen-bond acceptors (Lipinski definition) is 2. The lowest BCUT2D eigenvalue weighted by atomic mass is 9.83. The van der Waals surface area contributed by atoms with Crippen molar-refractivity contribution in [3.05, 3.63) is 29.8 Å². The van der Waals surface area contributed by atoms with Gasteiger partial charge in [-0.05, 0) is 36.3 Å². The average Bonchev–Trinajstić information content (AvgIpc) is 3.11. The molecule has 0 aromatic heterocycles. The van der Waals surface area contributed by atoms with E-state index in [-0.39, 0.29) is 35.8 Å². The first kappa shape index (κ1) is 21.0. The van der Waals surface area contributed by atoms with Crippen molar-refractivity contribution in [1.82, 2.24) is 10.6 Å². The predicted octanol–water partition coefficient (Wildman–Crippen LogP) is 3.87. The minimum Gasteiger partial charge on any atom is -0.356 e. The Morgan fingerprint density at radius 2 is 2.00 bits per heavy atom. The molecule has 1 fully saturated rings. The Hall–Kier alpha value is -1.31. The van der Waals surface area contributed by atoms with E-state index in [0.717, 1.165) is 18.2 Å². The maximum absolute atomic E-state index is 11.9. The van der Waals surface area contributed by atoms with Crippen molar-refractivity contribution in [2.24, 2.45) is 10.4 Å². The zero-order valence-electron chi connectivity index (χ0n) is 15.8. The molecule has 1 aliphatic carbocycles. The Bertz CT molecular complexity index is 640. The highest BCUT2D eigenvalue weighted by molar-refractivity contribution is 14.0. The first-order chi connectivity index (χ1) is 12.2. The summed E-state index contributed by atoms with van der Waals surface area (Å²) in [4.78, 5) is 16.3. The second-order valence-corrected chi connectivity index (χ2v) is 7.40. The van der Waals surface area contributed by atoms with Gasteiger partial charge in [-0.3, -0.25) is 9.79 Å². The molecule has 6 heteroatoms. The number of halogens is 1. The fourth-order valence-electron chi connectivity index (χ4n) is 4.18. The van der Waals surface area contributed by atoms with E-state index in [1.54, 1.807) is 0 Å². The summed E-state index contributed by atoms with van der Waals surface area (Å²) < 4.78 is 0. The van der Waals surface area contributed by atoms with Crippen LogP contribution in [0.5, 0.6) is 0 Å². The maximum atomic E-state index is 11.9. The molecule has 1 aromatic rings. The third-order valence-corrected chi connectivity index (χ3v) is 5.89. The van der Waals surface area contributed by atoms with Gasteiger partial charge in [0.05, 0.1) is 0 Å². The summed E-state index contributed by atoms with van der Waals surface area (Å²) in [5, 5.41) is 9.89. The molecule has 5 nitrogen and oxygen atoms in total. The Kier molecular flexibility index (Phi) is 7.73. The lowest BCUT2D eigenvalue weighted by Crippen LogP contribution is -2.44. The predicted molar refractivity (Wildman–Crippen MR) is 118 cm³/mol. The van der Waals surface area contributed by atoms with Gasteiger partial charge in [-0.1, -0.05) is 38.0 Å². The molecule has 1 atom stereocenters. The third-order valence-electron chi connectivity index (χ3n) is 5.89. The minimum atomic E-state index is 0. The van der Waals surface area contributed by atoms with Crippen LogP contribution < -0.4 is 16.0 Å². The number of fused-ring (bicyclic) bond motifs is 1. The van der Waals surface area contributed by atoms with Gasteiger partial charge < -0.3 is 16.0 Å². The molecule has 1 aliphatic heterocycles. The molecule has 0 spiro atoms. The second-order valence-electron chi connectivity index (χ2n) is 7.40. The zero-order valence-corrected chi connectivity index (χ0v) is 18.1. The quantitative estimate of drug-likeness (QED) is 0.348. The first-order valence-corrected chi connectivity index (χ1v) is 9.49. The number of nitrogens with one attached hydrogen (secondary N) is 3. The Morgan fingerprint density at radius 3 is 2.69 bits per heavy atom. The molecule has 3 N–H and O–H groups in total. The van der Waals surface area contributed by atoms with E-state index in [0.29, 0.717) is 18.4 Å². The third kappa shape index (κ3) is 4.90. The number of rotatable bonds is 5. The summed E-state index contributed by atoms with van der Waals surface area (Å²) >= 11 is 0. The van der Waals surface area contributed by atoms with Gasteiger partial charge in [-0.2, -0.15) is 0 Å². The maximum Gasteiger partial charge on any atom is 0.225 e. The largest absolute Gasteiger partial charge is 0.356 e. The van der Waals surface area contributed by atoms with E-state index >= 15 is 0 Å². The Balaban J connectivity index is 0.00000243. The fraction of sp³-hybridized carbons (Fsp3) is 0.600. The van der Waals surface area contributed by atoms with Gasteiger partial charge in [0.15, 0.2) is 5.96 Å². The number of carbonyl (C=O) groups is 1. The SMILES string of the molecule is CCC1(CNC(=NC)NCC2CC(=O)Nc3ccccc32)CCCC1.I. The molecule has 1 unspecified atom stereocenters. The van der Waals surface area contributed by atoms with Crippen molar-refractivity contribution < 1.29 is 4.79 Å². The Morgan fingerprint density at radius 1 is 1.27 bits per heavy atom. The highest BCUT2D eigenvalue weighted by atomic mass is 127. The Labute approximate surface area is 173 Å². The molecular formula is C20H31IN4O. The fourth-order valence-corrected chi connectivity index (χ4v) is 4.18. The van der Waals surface area contributed by atoms with Crippen LogP contribution in [0.25, 0.3) is 0 Å². The van der Waals surface area contributed by atoms with Gasteiger partial charge in [-0.25, -0.2) is 0 Å². The number of nitrogens with zero attached hydrogens (tertiary/aromatic N) is 1. The highest BCUT2D eigenvalue weighted by Gasteiger charge is 2.32. The highest BCUT2D eigenvalue weighted by Crippen LogP contribution is 2.40. The normalized spacial score (nSPS) is 21.4. The summed E-state index contributed by atoms with van der Waals surface area (Å²) in [5.41, 5.74) is 2.56. The van der Waals surface area contributed by atoms with Crippen LogP contribution in [0.15, 0.2) is 29.3 Å². The molecule has 3 rings (SSSR count). The van der Waals surface area contributed by atoms with Crippen LogP contribution in [0, 0.1) is 5.41 Å². The molecule has 2 aliphatic rings. The molecule has 1 amide bonds. The van der Waals surface area contributed by atoms with E-state index in [2.05, 4.69) is 33.9 Å². The summed E-state index contributed by atoms with van der Waals surface area (Å²) in [6, 6.07) is 8.06. The van der Waals surface area contributed by atoms with Crippen molar-refractivity contribution in [3.63, 3.8) is 0 Å². The van der Waals surface area contributed by atoms with Gasteiger partial charge in [0.25, 0.3) is 0 Å². The van der Waals surface area contributed by atoms with Crippen molar-refractivity contribution >= 4 is 41.5 Å². The van der Waals surface area contributed by atoms with Crippen molar-refractivity contribution in [3.8, 4) is 0 Å². The van der Waals surface area contributed by atoms with Crippen LogP contribution in [-0.4, -0.2) is 32.0 Å². The number of hydrogen-bond donors (Lipinski definition) is 3. The number of aliphatic imine (C=N–C) groups is 1. The van der Waals surface area contributed by atoms with Gasteiger partial charge in [0.1, 0.15) is 0 Å². The number of benzene rings is 1. The number of anilines is 1. The van der Waals surface area contributed by atoms with Gasteiger partial charge >= 0.3 is 0 Å². The molecule has 144 valence electrons. The molecule has 1 saturated carbocycles. The van der Waals surface area contributed by atoms with Crippen LogP contribution in [0.2, 0.25) is 0 Å². The zero-order chi connectivity index (χ0) is 17.7. The number of para-hydroxylation sites is 1. The molecule has 1 aromatic carbocycles. The smallest absolute Gasteiger partial charge is 0.225 e. The van der Waals surface area contributed by atoms with Crippen LogP contribution in [0.3, 0.4) is 0 Å². The average molecular weight is 470 g/mol. The lowest BCUT2D eigenvalue weighted by molar-refractivity contribution is -0.116. The van der Waals surface area contributed by atoms with Gasteiger partial charge in [0.2, 0.25) is 5.91 Å². The summed E-state index contributed by atoms with van der Waals surface area (Å²) in [5.74, 6) is 1.10. The second kappa shape index (κ2) is 9.58. The van der Waals surface area contributed by atoms with Crippen LogP contribution in [0.1, 0.15) is 56.9 Å². The van der Waals surface area contributed by atoms with Crippen LogP contribution >= 0.6 is 24.0 Å². The van der Waals surface area contributed by atoms with Crippen LogP contribution in [-0.2, 0) is 4.79 Å². The molecule has 0 saturated heterocycles. The van der Waals surface area contributed by atoms with E-state index < -0.39 is 0 Å². The summed E-state index contributed by atoms with van der Waals surface area (Å²) in [7, 11) is 1.81.